The topological polar surface area (TPSA) is 114 Å². The molecule has 0 amide bonds. The molecule has 0 aliphatic heterocycles. The van der Waals surface area contributed by atoms with Gasteiger partial charge in [0.1, 0.15) is 0 Å². The molecule has 6 nitrogen and oxygen atoms in total. The van der Waals surface area contributed by atoms with Crippen LogP contribution in [-0.2, 0) is 11.3 Å². The Morgan fingerprint density at radius 3 is 2.00 bits per heavy atom. The number of nitrogens with two attached hydrogens (primary N) is 1. The number of alkyl halides is 3. The standard InChI is InChI=1S/C7H8N2O2.C2HF3O2/c8-3-6-2-1-5(4-9-6)7(10)11;3-2(4,5)1(6)7/h1-2,4H,3,8H2,(H,10,11);(H,6,7). The summed E-state index contributed by atoms with van der Waals surface area (Å²) in [5.41, 5.74) is 6.14. The van der Waals surface area contributed by atoms with Crippen molar-refractivity contribution in [3.63, 3.8) is 0 Å². The number of carbonyl (C=O) groups is 2. The second-order valence-corrected chi connectivity index (χ2v) is 2.85. The van der Waals surface area contributed by atoms with Gasteiger partial charge in [0, 0.05) is 12.7 Å². The molecule has 0 saturated carbocycles. The molecule has 18 heavy (non-hydrogen) atoms. The first-order valence-electron chi connectivity index (χ1n) is 4.37. The highest BCUT2D eigenvalue weighted by Gasteiger charge is 2.38. The zero-order valence-corrected chi connectivity index (χ0v) is 8.81. The van der Waals surface area contributed by atoms with Gasteiger partial charge in [-0.25, -0.2) is 9.59 Å². The maximum Gasteiger partial charge on any atom is 0.490 e. The molecule has 9 heteroatoms. The van der Waals surface area contributed by atoms with Gasteiger partial charge in [-0.15, -0.1) is 0 Å². The van der Waals surface area contributed by atoms with Crippen LogP contribution in [0.15, 0.2) is 18.3 Å². The smallest absolute Gasteiger partial charge is 0.478 e. The van der Waals surface area contributed by atoms with Crippen LogP contribution < -0.4 is 5.73 Å². The van der Waals surface area contributed by atoms with Crippen molar-refractivity contribution in [3.8, 4) is 0 Å². The Morgan fingerprint density at radius 1 is 1.28 bits per heavy atom. The fourth-order valence-corrected chi connectivity index (χ4v) is 0.672. The monoisotopic (exact) mass is 266 g/mol. The number of pyridine rings is 1. The predicted octanol–water partition coefficient (Wildman–Crippen LogP) is 0.872. The van der Waals surface area contributed by atoms with Gasteiger partial charge in [0.25, 0.3) is 0 Å². The molecule has 0 aromatic carbocycles. The molecule has 1 rings (SSSR count). The molecule has 0 aliphatic carbocycles. The minimum absolute atomic E-state index is 0.183. The summed E-state index contributed by atoms with van der Waals surface area (Å²) >= 11 is 0. The Morgan fingerprint density at radius 2 is 1.78 bits per heavy atom. The highest BCUT2D eigenvalue weighted by Crippen LogP contribution is 2.13. The first-order valence-corrected chi connectivity index (χ1v) is 4.37. The SMILES string of the molecule is NCc1ccc(C(=O)O)cn1.O=C(O)C(F)(F)F. The lowest BCUT2D eigenvalue weighted by atomic mass is 10.2. The maximum atomic E-state index is 10.6. The molecule has 4 N–H and O–H groups in total. The van der Waals surface area contributed by atoms with E-state index in [9.17, 15) is 18.0 Å². The van der Waals surface area contributed by atoms with Crippen LogP contribution in [0.3, 0.4) is 0 Å². The van der Waals surface area contributed by atoms with Crippen molar-refractivity contribution in [3.05, 3.63) is 29.6 Å². The van der Waals surface area contributed by atoms with Crippen molar-refractivity contribution in [2.45, 2.75) is 12.7 Å². The van der Waals surface area contributed by atoms with Crippen LogP contribution in [0.2, 0.25) is 0 Å². The van der Waals surface area contributed by atoms with Crippen LogP contribution in [0.25, 0.3) is 0 Å². The molecule has 0 fully saturated rings. The second kappa shape index (κ2) is 6.55. The Balaban J connectivity index is 0.000000360. The molecular weight excluding hydrogens is 257 g/mol. The number of halogens is 3. The van der Waals surface area contributed by atoms with Crippen LogP contribution in [0.4, 0.5) is 13.2 Å². The molecule has 1 heterocycles. The molecule has 0 atom stereocenters. The summed E-state index contributed by atoms with van der Waals surface area (Å²) in [5.74, 6) is -3.73. The van der Waals surface area contributed by atoms with E-state index in [1.165, 1.54) is 12.3 Å². The summed E-state index contributed by atoms with van der Waals surface area (Å²) in [4.78, 5) is 23.0. The van der Waals surface area contributed by atoms with Gasteiger partial charge in [-0.1, -0.05) is 0 Å². The first kappa shape index (κ1) is 15.8. The summed E-state index contributed by atoms with van der Waals surface area (Å²) in [6.45, 7) is 0.333. The molecule has 100 valence electrons. The van der Waals surface area contributed by atoms with Crippen molar-refractivity contribution in [2.24, 2.45) is 5.73 Å². The van der Waals surface area contributed by atoms with E-state index >= 15 is 0 Å². The van der Waals surface area contributed by atoms with E-state index in [0.717, 1.165) is 0 Å². The molecule has 0 unspecified atom stereocenters. The minimum Gasteiger partial charge on any atom is -0.478 e. The largest absolute Gasteiger partial charge is 0.490 e. The van der Waals surface area contributed by atoms with E-state index in [0.29, 0.717) is 12.2 Å². The number of hydrogen-bond donors (Lipinski definition) is 3. The van der Waals surface area contributed by atoms with Crippen LogP contribution in [-0.4, -0.2) is 33.3 Å². The summed E-state index contributed by atoms with van der Waals surface area (Å²) < 4.78 is 31.7. The highest BCUT2D eigenvalue weighted by molar-refractivity contribution is 5.87. The van der Waals surface area contributed by atoms with E-state index in [1.807, 2.05) is 0 Å². The average molecular weight is 266 g/mol. The lowest BCUT2D eigenvalue weighted by Crippen LogP contribution is -2.21. The van der Waals surface area contributed by atoms with Crippen LogP contribution in [0.1, 0.15) is 16.1 Å². The third-order valence-corrected chi connectivity index (χ3v) is 1.52. The van der Waals surface area contributed by atoms with Crippen molar-refractivity contribution < 1.29 is 33.0 Å². The molecule has 0 spiro atoms. The van der Waals surface area contributed by atoms with E-state index in [1.54, 1.807) is 6.07 Å². The molecule has 0 radical (unpaired) electrons. The molecule has 1 aromatic heterocycles. The lowest BCUT2D eigenvalue weighted by Gasteiger charge is -1.95. The normalized spacial score (nSPS) is 10.2. The second-order valence-electron chi connectivity index (χ2n) is 2.85. The Hall–Kier alpha value is -2.16. The number of nitrogens with zero attached hydrogens (tertiary/aromatic N) is 1. The van der Waals surface area contributed by atoms with E-state index < -0.39 is 18.1 Å². The van der Waals surface area contributed by atoms with Crippen molar-refractivity contribution in [1.82, 2.24) is 4.98 Å². The number of aromatic carboxylic acids is 1. The fraction of sp³-hybridized carbons (Fsp3) is 0.222. The van der Waals surface area contributed by atoms with Gasteiger partial charge in [0.15, 0.2) is 0 Å². The molecule has 0 aliphatic rings. The molecule has 0 saturated heterocycles. The number of carboxylic acid groups (broad SMARTS) is 2. The summed E-state index contributed by atoms with van der Waals surface area (Å²) in [7, 11) is 0. The Bertz CT molecular complexity index is 417. The molecule has 0 bridgehead atoms. The van der Waals surface area contributed by atoms with Crippen LogP contribution >= 0.6 is 0 Å². The van der Waals surface area contributed by atoms with Gasteiger partial charge < -0.3 is 15.9 Å². The van der Waals surface area contributed by atoms with Crippen molar-refractivity contribution in [2.75, 3.05) is 0 Å². The zero-order valence-electron chi connectivity index (χ0n) is 8.81. The van der Waals surface area contributed by atoms with Crippen LogP contribution in [0, 0.1) is 0 Å². The van der Waals surface area contributed by atoms with Crippen LogP contribution in [0.5, 0.6) is 0 Å². The summed E-state index contributed by atoms with van der Waals surface area (Å²) in [6.07, 6.45) is -3.79. The third kappa shape index (κ3) is 5.80. The molecular formula is C9H9F3N2O4. The maximum absolute atomic E-state index is 10.6. The summed E-state index contributed by atoms with van der Waals surface area (Å²) in [5, 5.41) is 15.6. The van der Waals surface area contributed by atoms with Gasteiger partial charge in [-0.2, -0.15) is 13.2 Å². The van der Waals surface area contributed by atoms with E-state index in [-0.39, 0.29) is 5.56 Å². The minimum atomic E-state index is -5.08. The number of rotatable bonds is 2. The van der Waals surface area contributed by atoms with Gasteiger partial charge in [0.2, 0.25) is 0 Å². The predicted molar refractivity (Wildman–Crippen MR) is 52.8 cm³/mol. The number of hydrogen-bond acceptors (Lipinski definition) is 4. The fourth-order valence-electron chi connectivity index (χ4n) is 0.672. The number of aromatic nitrogens is 1. The first-order chi connectivity index (χ1) is 8.18. The quantitative estimate of drug-likeness (QED) is 0.732. The van der Waals surface area contributed by atoms with Gasteiger partial charge in [-0.3, -0.25) is 4.98 Å². The van der Waals surface area contributed by atoms with E-state index in [4.69, 9.17) is 20.7 Å². The number of aliphatic carboxylic acids is 1. The molecule has 1 aromatic rings. The van der Waals surface area contributed by atoms with Gasteiger partial charge >= 0.3 is 18.1 Å². The summed E-state index contributed by atoms with van der Waals surface area (Å²) in [6, 6.07) is 3.08. The lowest BCUT2D eigenvalue weighted by molar-refractivity contribution is -0.192. The van der Waals surface area contributed by atoms with Gasteiger partial charge in [-0.05, 0) is 12.1 Å². The van der Waals surface area contributed by atoms with Crippen molar-refractivity contribution in [1.29, 1.82) is 0 Å². The average Bonchev–Trinajstić information content (AvgIpc) is 2.28. The highest BCUT2D eigenvalue weighted by atomic mass is 19.4. The third-order valence-electron chi connectivity index (χ3n) is 1.52. The number of carboxylic acids is 2. The Kier molecular flexibility index (Phi) is 5.76. The van der Waals surface area contributed by atoms with Gasteiger partial charge in [0.05, 0.1) is 11.3 Å². The van der Waals surface area contributed by atoms with E-state index in [2.05, 4.69) is 4.98 Å². The van der Waals surface area contributed by atoms with Crippen molar-refractivity contribution >= 4 is 11.9 Å². The zero-order chi connectivity index (χ0) is 14.3. The Labute approximate surface area is 98.9 Å².